The molecule has 0 spiro atoms. The molecule has 0 aliphatic carbocycles. The lowest BCUT2D eigenvalue weighted by Crippen LogP contribution is -1.98. The van der Waals surface area contributed by atoms with Crippen LogP contribution in [-0.4, -0.2) is 12.2 Å². The monoisotopic (exact) mass is 256 g/mol. The maximum atomic E-state index is 9.77. The Morgan fingerprint density at radius 2 is 1.58 bits per heavy atom. The number of ether oxygens (including phenoxy) is 1. The normalized spacial score (nSPS) is 10.5. The van der Waals surface area contributed by atoms with Gasteiger partial charge in [-0.2, -0.15) is 0 Å². The molecule has 0 aliphatic heterocycles. The molecule has 0 radical (unpaired) electrons. The largest absolute Gasteiger partial charge is 0.508 e. The second kappa shape index (κ2) is 5.79. The smallest absolute Gasteiger partial charge is 0.122 e. The van der Waals surface area contributed by atoms with E-state index in [2.05, 4.69) is 19.9 Å². The van der Waals surface area contributed by atoms with Gasteiger partial charge >= 0.3 is 0 Å². The molecule has 0 aromatic heterocycles. The van der Waals surface area contributed by atoms with Crippen molar-refractivity contribution in [2.24, 2.45) is 0 Å². The fourth-order valence-corrected chi connectivity index (χ4v) is 2.34. The van der Waals surface area contributed by atoms with E-state index in [0.29, 0.717) is 5.75 Å². The summed E-state index contributed by atoms with van der Waals surface area (Å²) in [4.78, 5) is 0. The van der Waals surface area contributed by atoms with Crippen LogP contribution in [-0.2, 0) is 12.8 Å². The van der Waals surface area contributed by atoms with Crippen LogP contribution in [0.25, 0.3) is 0 Å². The zero-order chi connectivity index (χ0) is 13.8. The lowest BCUT2D eigenvalue weighted by Gasteiger charge is -2.13. The van der Waals surface area contributed by atoms with E-state index in [1.807, 2.05) is 24.3 Å². The van der Waals surface area contributed by atoms with Gasteiger partial charge in [0.1, 0.15) is 11.5 Å². The van der Waals surface area contributed by atoms with Gasteiger partial charge in [0.2, 0.25) is 0 Å². The highest BCUT2D eigenvalue weighted by Gasteiger charge is 2.07. The van der Waals surface area contributed by atoms with E-state index >= 15 is 0 Å². The zero-order valence-electron chi connectivity index (χ0n) is 11.7. The van der Waals surface area contributed by atoms with Gasteiger partial charge in [-0.25, -0.2) is 0 Å². The summed E-state index contributed by atoms with van der Waals surface area (Å²) in [6.45, 7) is 4.20. The van der Waals surface area contributed by atoms with Crippen molar-refractivity contribution in [1.82, 2.24) is 0 Å². The molecule has 0 heterocycles. The van der Waals surface area contributed by atoms with Gasteiger partial charge in [0, 0.05) is 0 Å². The van der Waals surface area contributed by atoms with E-state index in [0.717, 1.165) is 24.2 Å². The third kappa shape index (κ3) is 2.90. The summed E-state index contributed by atoms with van der Waals surface area (Å²) in [6, 6.07) is 11.6. The topological polar surface area (TPSA) is 29.5 Å². The molecule has 19 heavy (non-hydrogen) atoms. The maximum Gasteiger partial charge on any atom is 0.122 e. The summed E-state index contributed by atoms with van der Waals surface area (Å²) in [6.07, 6.45) is 1.77. The van der Waals surface area contributed by atoms with Crippen LogP contribution in [0, 0.1) is 13.8 Å². The first-order valence-electron chi connectivity index (χ1n) is 6.53. The Morgan fingerprint density at radius 1 is 0.895 bits per heavy atom. The van der Waals surface area contributed by atoms with Crippen LogP contribution in [0.2, 0.25) is 0 Å². The molecule has 0 saturated heterocycles. The highest BCUT2D eigenvalue weighted by Crippen LogP contribution is 2.25. The minimum absolute atomic E-state index is 0.380. The first kappa shape index (κ1) is 13.5. The Hall–Kier alpha value is -1.96. The summed E-state index contributed by atoms with van der Waals surface area (Å²) in [5.41, 5.74) is 4.77. The standard InChI is InChI=1S/C17H20O2/c1-12-13(2)17(19-3)11-10-14(12)8-9-15-6-4-5-7-16(15)18/h4-7,10-11,18H,8-9H2,1-3H3. The predicted octanol–water partition coefficient (Wildman–Crippen LogP) is 3.80. The van der Waals surface area contributed by atoms with Crippen LogP contribution < -0.4 is 4.74 Å². The second-order valence-corrected chi connectivity index (χ2v) is 4.81. The van der Waals surface area contributed by atoms with Gasteiger partial charge in [0.25, 0.3) is 0 Å². The summed E-state index contributed by atoms with van der Waals surface area (Å²) < 4.78 is 5.32. The Balaban J connectivity index is 2.17. The van der Waals surface area contributed by atoms with Crippen molar-refractivity contribution in [3.63, 3.8) is 0 Å². The molecule has 2 aromatic rings. The molecule has 0 atom stereocenters. The molecule has 1 N–H and O–H groups in total. The summed E-state index contributed by atoms with van der Waals surface area (Å²) in [5, 5.41) is 9.77. The number of phenolic OH excluding ortho intramolecular Hbond substituents is 1. The fraction of sp³-hybridized carbons (Fsp3) is 0.294. The molecule has 2 aromatic carbocycles. The average molecular weight is 256 g/mol. The van der Waals surface area contributed by atoms with Crippen molar-refractivity contribution in [1.29, 1.82) is 0 Å². The first-order chi connectivity index (χ1) is 9.13. The Kier molecular flexibility index (Phi) is 4.10. The number of aromatic hydroxyl groups is 1. The second-order valence-electron chi connectivity index (χ2n) is 4.81. The Labute approximate surface area is 114 Å². The molecule has 100 valence electrons. The van der Waals surface area contributed by atoms with Crippen molar-refractivity contribution in [3.05, 3.63) is 58.7 Å². The van der Waals surface area contributed by atoms with Gasteiger partial charge in [-0.3, -0.25) is 0 Å². The van der Waals surface area contributed by atoms with Crippen molar-refractivity contribution in [2.45, 2.75) is 26.7 Å². The van der Waals surface area contributed by atoms with Gasteiger partial charge in [-0.05, 0) is 61.1 Å². The van der Waals surface area contributed by atoms with Crippen LogP contribution in [0.1, 0.15) is 22.3 Å². The first-order valence-corrected chi connectivity index (χ1v) is 6.53. The maximum absolute atomic E-state index is 9.77. The summed E-state index contributed by atoms with van der Waals surface area (Å²) >= 11 is 0. The van der Waals surface area contributed by atoms with Crippen LogP contribution in [0.3, 0.4) is 0 Å². The van der Waals surface area contributed by atoms with E-state index < -0.39 is 0 Å². The number of benzene rings is 2. The minimum Gasteiger partial charge on any atom is -0.508 e. The van der Waals surface area contributed by atoms with E-state index in [1.54, 1.807) is 13.2 Å². The van der Waals surface area contributed by atoms with E-state index in [9.17, 15) is 5.11 Å². The molecule has 0 bridgehead atoms. The number of phenols is 1. The quantitative estimate of drug-likeness (QED) is 0.901. The molecule has 2 rings (SSSR count). The SMILES string of the molecule is COc1ccc(CCc2ccccc2O)c(C)c1C. The van der Waals surface area contributed by atoms with E-state index in [1.165, 1.54) is 16.7 Å². The molecule has 2 heteroatoms. The number of rotatable bonds is 4. The highest BCUT2D eigenvalue weighted by atomic mass is 16.5. The molecule has 0 aliphatic rings. The number of para-hydroxylation sites is 1. The number of methoxy groups -OCH3 is 1. The fourth-order valence-electron chi connectivity index (χ4n) is 2.34. The van der Waals surface area contributed by atoms with E-state index in [-0.39, 0.29) is 0 Å². The van der Waals surface area contributed by atoms with Crippen LogP contribution in [0.5, 0.6) is 11.5 Å². The zero-order valence-corrected chi connectivity index (χ0v) is 11.7. The van der Waals surface area contributed by atoms with Crippen LogP contribution >= 0.6 is 0 Å². The molecule has 0 saturated carbocycles. The third-order valence-corrected chi connectivity index (χ3v) is 3.72. The number of hydrogen-bond acceptors (Lipinski definition) is 2. The van der Waals surface area contributed by atoms with Gasteiger partial charge in [0.05, 0.1) is 7.11 Å². The van der Waals surface area contributed by atoms with Gasteiger partial charge < -0.3 is 9.84 Å². The van der Waals surface area contributed by atoms with Gasteiger partial charge in [0.15, 0.2) is 0 Å². The average Bonchev–Trinajstić information content (AvgIpc) is 2.42. The Bertz CT molecular complexity index is 573. The third-order valence-electron chi connectivity index (χ3n) is 3.72. The Morgan fingerprint density at radius 3 is 2.26 bits per heavy atom. The molecule has 0 unspecified atom stereocenters. The van der Waals surface area contributed by atoms with Gasteiger partial charge in [-0.15, -0.1) is 0 Å². The van der Waals surface area contributed by atoms with Crippen molar-refractivity contribution in [2.75, 3.05) is 7.11 Å². The molecule has 0 amide bonds. The minimum atomic E-state index is 0.380. The lowest BCUT2D eigenvalue weighted by atomic mass is 9.96. The highest BCUT2D eigenvalue weighted by molar-refractivity contribution is 5.44. The van der Waals surface area contributed by atoms with E-state index in [4.69, 9.17) is 4.74 Å². The predicted molar refractivity (Wildman–Crippen MR) is 78.0 cm³/mol. The van der Waals surface area contributed by atoms with Crippen LogP contribution in [0.15, 0.2) is 36.4 Å². The number of aryl methyl sites for hydroxylation is 2. The van der Waals surface area contributed by atoms with Crippen molar-refractivity contribution >= 4 is 0 Å². The van der Waals surface area contributed by atoms with Crippen molar-refractivity contribution < 1.29 is 9.84 Å². The van der Waals surface area contributed by atoms with Crippen LogP contribution in [0.4, 0.5) is 0 Å². The lowest BCUT2D eigenvalue weighted by molar-refractivity contribution is 0.411. The molecule has 0 fully saturated rings. The number of hydrogen-bond donors (Lipinski definition) is 1. The summed E-state index contributed by atoms with van der Waals surface area (Å²) in [5.74, 6) is 1.31. The van der Waals surface area contributed by atoms with Crippen molar-refractivity contribution in [3.8, 4) is 11.5 Å². The summed E-state index contributed by atoms with van der Waals surface area (Å²) in [7, 11) is 1.70. The molecular weight excluding hydrogens is 236 g/mol. The van der Waals surface area contributed by atoms with Gasteiger partial charge in [-0.1, -0.05) is 24.3 Å². The molecule has 2 nitrogen and oxygen atoms in total. The molecular formula is C17H20O2.